The number of morpholine rings is 1. The van der Waals surface area contributed by atoms with Crippen molar-refractivity contribution in [1.82, 2.24) is 14.8 Å². The Labute approximate surface area is 167 Å². The number of ether oxygens (including phenoxy) is 2. The number of carbonyl (C=O) groups excluding carboxylic acids is 3. The minimum Gasteiger partial charge on any atom is -0.456 e. The van der Waals surface area contributed by atoms with Gasteiger partial charge in [-0.15, -0.1) is 11.3 Å². The number of carbonyl (C=O) groups is 3. The number of amides is 2. The number of rotatable bonds is 7. The summed E-state index contributed by atoms with van der Waals surface area (Å²) in [6, 6.07) is 7.79. The summed E-state index contributed by atoms with van der Waals surface area (Å²) < 4.78 is 11.3. The molecular weight excluding hydrogens is 382 g/mol. The Hall–Kier alpha value is -2.52. The van der Waals surface area contributed by atoms with Crippen LogP contribution in [0.25, 0.3) is 10.2 Å². The lowest BCUT2D eigenvalue weighted by molar-refractivity contribution is -0.152. The third kappa shape index (κ3) is 5.49. The van der Waals surface area contributed by atoms with E-state index in [1.807, 2.05) is 24.3 Å². The maximum Gasteiger partial charge on any atom is 0.306 e. The molecule has 2 amide bonds. The highest BCUT2D eigenvalue weighted by molar-refractivity contribution is 7.18. The smallest absolute Gasteiger partial charge is 0.306 e. The molecule has 2 aromatic rings. The van der Waals surface area contributed by atoms with Crippen LogP contribution in [0.1, 0.15) is 11.4 Å². The molecule has 9 heteroatoms. The minimum atomic E-state index is -0.458. The number of nitrogens with zero attached hydrogens (tertiary/aromatic N) is 3. The van der Waals surface area contributed by atoms with Crippen LogP contribution in [0.3, 0.4) is 0 Å². The Morgan fingerprint density at radius 3 is 2.75 bits per heavy atom. The monoisotopic (exact) mass is 405 g/mol. The number of aryl methyl sites for hydroxylation is 1. The van der Waals surface area contributed by atoms with Crippen LogP contribution in [0.5, 0.6) is 0 Å². The van der Waals surface area contributed by atoms with E-state index in [0.717, 1.165) is 15.2 Å². The lowest BCUT2D eigenvalue weighted by atomic mass is 10.3. The highest BCUT2D eigenvalue weighted by atomic mass is 32.1. The number of benzene rings is 1. The predicted molar refractivity (Wildman–Crippen MR) is 104 cm³/mol. The van der Waals surface area contributed by atoms with E-state index in [9.17, 15) is 14.4 Å². The molecule has 1 aliphatic heterocycles. The van der Waals surface area contributed by atoms with E-state index in [2.05, 4.69) is 4.98 Å². The van der Waals surface area contributed by atoms with Gasteiger partial charge < -0.3 is 19.3 Å². The first kappa shape index (κ1) is 20.2. The fourth-order valence-corrected chi connectivity index (χ4v) is 3.73. The molecular formula is C19H23N3O5S. The van der Waals surface area contributed by atoms with Crippen LogP contribution >= 0.6 is 11.3 Å². The van der Waals surface area contributed by atoms with Gasteiger partial charge in [-0.05, 0) is 12.1 Å². The number of hydrogen-bond acceptors (Lipinski definition) is 7. The van der Waals surface area contributed by atoms with Gasteiger partial charge in [-0.2, -0.15) is 0 Å². The van der Waals surface area contributed by atoms with Crippen molar-refractivity contribution in [2.75, 3.05) is 46.5 Å². The van der Waals surface area contributed by atoms with Crippen molar-refractivity contribution in [3.05, 3.63) is 29.3 Å². The molecule has 1 aromatic heterocycles. The summed E-state index contributed by atoms with van der Waals surface area (Å²) in [6.07, 6.45) is 0.626. The Morgan fingerprint density at radius 1 is 1.25 bits per heavy atom. The van der Waals surface area contributed by atoms with Crippen LogP contribution in [0.4, 0.5) is 0 Å². The highest BCUT2D eigenvalue weighted by Gasteiger charge is 2.21. The zero-order valence-corrected chi connectivity index (χ0v) is 16.6. The molecule has 28 heavy (non-hydrogen) atoms. The summed E-state index contributed by atoms with van der Waals surface area (Å²) in [4.78, 5) is 43.6. The fourth-order valence-electron chi connectivity index (χ4n) is 2.76. The first-order valence-electron chi connectivity index (χ1n) is 9.12. The normalized spacial score (nSPS) is 14.1. The van der Waals surface area contributed by atoms with Gasteiger partial charge in [-0.25, -0.2) is 4.98 Å². The van der Waals surface area contributed by atoms with Gasteiger partial charge in [0.15, 0.2) is 6.61 Å². The summed E-state index contributed by atoms with van der Waals surface area (Å²) in [6.45, 7) is 1.67. The number of likely N-dealkylation sites (N-methyl/N-ethyl adjacent to an activating group) is 1. The van der Waals surface area contributed by atoms with E-state index in [0.29, 0.717) is 32.7 Å². The maximum atomic E-state index is 12.1. The van der Waals surface area contributed by atoms with Crippen LogP contribution < -0.4 is 0 Å². The van der Waals surface area contributed by atoms with Gasteiger partial charge >= 0.3 is 5.97 Å². The van der Waals surface area contributed by atoms with Crippen LogP contribution in [0.2, 0.25) is 0 Å². The predicted octanol–water partition coefficient (Wildman–Crippen LogP) is 1.09. The van der Waals surface area contributed by atoms with Crippen molar-refractivity contribution in [3.8, 4) is 0 Å². The van der Waals surface area contributed by atoms with Crippen LogP contribution in [-0.2, 0) is 30.3 Å². The van der Waals surface area contributed by atoms with Gasteiger partial charge in [0.05, 0.1) is 41.4 Å². The van der Waals surface area contributed by atoms with E-state index >= 15 is 0 Å². The van der Waals surface area contributed by atoms with Gasteiger partial charge in [0.2, 0.25) is 5.91 Å². The average Bonchev–Trinajstić information content (AvgIpc) is 3.14. The first-order chi connectivity index (χ1) is 13.5. The molecule has 0 saturated carbocycles. The van der Waals surface area contributed by atoms with Gasteiger partial charge in [0, 0.05) is 26.6 Å². The number of para-hydroxylation sites is 1. The lowest BCUT2D eigenvalue weighted by Gasteiger charge is -2.28. The number of hydrogen-bond donors (Lipinski definition) is 0. The van der Waals surface area contributed by atoms with Crippen molar-refractivity contribution in [2.45, 2.75) is 12.8 Å². The molecule has 3 rings (SSSR count). The molecule has 1 saturated heterocycles. The van der Waals surface area contributed by atoms with E-state index in [1.54, 1.807) is 16.2 Å². The number of esters is 1. The maximum absolute atomic E-state index is 12.1. The van der Waals surface area contributed by atoms with E-state index in [-0.39, 0.29) is 25.5 Å². The van der Waals surface area contributed by atoms with Gasteiger partial charge in [-0.3, -0.25) is 14.4 Å². The standard InChI is InChI=1S/C19H23N3O5S/c1-21(12-17(23)22-8-10-26-11-9-22)18(24)13-27-19(25)7-6-16-20-14-4-2-3-5-15(14)28-16/h2-5H,6-13H2,1H3. The number of fused-ring (bicyclic) bond motifs is 1. The molecule has 150 valence electrons. The van der Waals surface area contributed by atoms with Crippen molar-refractivity contribution in [2.24, 2.45) is 0 Å². The summed E-state index contributed by atoms with van der Waals surface area (Å²) in [5.74, 6) is -1.00. The molecule has 0 atom stereocenters. The quantitative estimate of drug-likeness (QED) is 0.641. The topological polar surface area (TPSA) is 89.0 Å². The molecule has 0 unspecified atom stereocenters. The molecule has 1 fully saturated rings. The second-order valence-corrected chi connectivity index (χ2v) is 7.59. The van der Waals surface area contributed by atoms with Crippen molar-refractivity contribution < 1.29 is 23.9 Å². The molecule has 0 radical (unpaired) electrons. The Morgan fingerprint density at radius 2 is 2.00 bits per heavy atom. The third-order valence-corrected chi connectivity index (χ3v) is 5.50. The summed E-state index contributed by atoms with van der Waals surface area (Å²) in [5, 5.41) is 0.859. The van der Waals surface area contributed by atoms with Crippen molar-refractivity contribution in [1.29, 1.82) is 0 Å². The minimum absolute atomic E-state index is 0.0396. The fraction of sp³-hybridized carbons (Fsp3) is 0.474. The Kier molecular flexibility index (Phi) is 6.94. The number of aromatic nitrogens is 1. The van der Waals surface area contributed by atoms with Crippen molar-refractivity contribution >= 4 is 39.3 Å². The van der Waals surface area contributed by atoms with Gasteiger partial charge in [0.25, 0.3) is 5.91 Å². The molecule has 1 aliphatic rings. The van der Waals surface area contributed by atoms with E-state index in [1.165, 1.54) is 11.9 Å². The summed E-state index contributed by atoms with van der Waals surface area (Å²) in [7, 11) is 1.52. The second-order valence-electron chi connectivity index (χ2n) is 6.48. The van der Waals surface area contributed by atoms with Gasteiger partial charge in [-0.1, -0.05) is 12.1 Å². The Balaban J connectivity index is 1.38. The highest BCUT2D eigenvalue weighted by Crippen LogP contribution is 2.22. The molecule has 0 N–H and O–H groups in total. The largest absolute Gasteiger partial charge is 0.456 e. The zero-order valence-electron chi connectivity index (χ0n) is 15.8. The van der Waals surface area contributed by atoms with Crippen molar-refractivity contribution in [3.63, 3.8) is 0 Å². The number of thiazole rings is 1. The molecule has 0 aliphatic carbocycles. The zero-order chi connectivity index (χ0) is 19.9. The van der Waals surface area contributed by atoms with Crippen LogP contribution in [0, 0.1) is 0 Å². The second kappa shape index (κ2) is 9.61. The van der Waals surface area contributed by atoms with Crippen LogP contribution in [-0.4, -0.2) is 79.1 Å². The summed E-state index contributed by atoms with van der Waals surface area (Å²) >= 11 is 1.54. The Bertz CT molecular complexity index is 814. The lowest BCUT2D eigenvalue weighted by Crippen LogP contribution is -2.46. The molecule has 2 heterocycles. The molecule has 8 nitrogen and oxygen atoms in total. The van der Waals surface area contributed by atoms with Gasteiger partial charge in [0.1, 0.15) is 0 Å². The first-order valence-corrected chi connectivity index (χ1v) is 9.94. The average molecular weight is 405 g/mol. The SMILES string of the molecule is CN(CC(=O)N1CCOCC1)C(=O)COC(=O)CCc1nc2ccccc2s1. The van der Waals surface area contributed by atoms with E-state index < -0.39 is 11.9 Å². The molecule has 1 aromatic carbocycles. The molecule has 0 spiro atoms. The third-order valence-electron chi connectivity index (χ3n) is 4.40. The summed E-state index contributed by atoms with van der Waals surface area (Å²) in [5.41, 5.74) is 0.914. The van der Waals surface area contributed by atoms with E-state index in [4.69, 9.17) is 9.47 Å². The molecule has 0 bridgehead atoms. The van der Waals surface area contributed by atoms with Crippen LogP contribution in [0.15, 0.2) is 24.3 Å².